The number of halogens is 1. The molecule has 808 valence electrons. The van der Waals surface area contributed by atoms with E-state index in [1.54, 1.807) is 156 Å². The SMILES string of the molecule is C.C.C.C.C.C.C.C.C.C=C(C)CBr.C=C[C@@H](NC(=O)OC(C)(C)C)[C@@H](C)O.C=C[C@@H](NC(=O)OC(C)(C)C)[C@@H](C)OCC(=C)C.C=C[C@@H]1[C@@H](C)OC(C)(C)N1C(=O)OC(C)(C)C.CC.CC1=C[C@@H](NC(=O)OC(C)(C)C)[C@@H](C)OC1.COC(=O)[C@@H](NC(=O)OC(C)(C)C)[C@@H](C)O.COC(=O)[C@@H]1[C@@H](C)OC(C)(C)N1C(=O)OC(C)(C)C.C[C@H]1OC(C)(C)N(C(=O)OC(C)(C)C)[C@@H]1C=O.[2H]CC. The van der Waals surface area contributed by atoms with E-state index in [9.17, 15) is 58.2 Å². The van der Waals surface area contributed by atoms with Crippen LogP contribution in [0.1, 0.15) is 352 Å². The minimum absolute atomic E-state index is 0. The van der Waals surface area contributed by atoms with Crippen molar-refractivity contribution < 1.29 is 126 Å². The van der Waals surface area contributed by atoms with Gasteiger partial charge in [-0.25, -0.2) is 43.2 Å². The summed E-state index contributed by atoms with van der Waals surface area (Å²) in [5.74, 6) is -1.23. The second kappa shape index (κ2) is 72.4. The minimum atomic E-state index is -1.13. The Morgan fingerprint density at radius 3 is 1.10 bits per heavy atom. The van der Waals surface area contributed by atoms with Gasteiger partial charge in [0.15, 0.2) is 12.1 Å². The molecule has 34 heteroatoms. The second-order valence-corrected chi connectivity index (χ2v) is 38.5. The molecule has 0 radical (unpaired) electrons. The lowest BCUT2D eigenvalue weighted by molar-refractivity contribution is -0.147. The molecule has 4 aliphatic heterocycles. The number of carbonyl (C=O) groups excluding carboxylic acids is 10. The van der Waals surface area contributed by atoms with E-state index in [0.29, 0.717) is 20.1 Å². The van der Waals surface area contributed by atoms with E-state index < -0.39 is 147 Å². The van der Waals surface area contributed by atoms with Gasteiger partial charge in [-0.3, -0.25) is 14.7 Å². The zero-order valence-corrected chi connectivity index (χ0v) is 86.3. The highest BCUT2D eigenvalue weighted by Crippen LogP contribution is 2.37. The molecule has 3 fully saturated rings. The van der Waals surface area contributed by atoms with Crippen molar-refractivity contribution in [2.75, 3.05) is 32.8 Å². The Labute approximate surface area is 833 Å². The van der Waals surface area contributed by atoms with Crippen molar-refractivity contribution in [2.45, 2.75) is 492 Å². The van der Waals surface area contributed by atoms with E-state index in [1.165, 1.54) is 42.6 Å². The first-order chi connectivity index (χ1) is 57.2. The van der Waals surface area contributed by atoms with Gasteiger partial charge < -0.3 is 103 Å². The fraction of sp³-hybridized carbons (Fsp3) is 0.782. The number of esters is 2. The summed E-state index contributed by atoms with van der Waals surface area (Å²) in [5.41, 5.74) is -3.10. The number of aldehydes is 1. The number of nitrogens with one attached hydrogen (secondary N) is 4. The number of hydrogen-bond acceptors (Lipinski definition) is 26. The molecular formula is C101H206BrN7O26. The number of aliphatic hydroxyl groups excluding tert-OH is 2. The third-order valence-electron chi connectivity index (χ3n) is 15.6. The number of nitrogens with zero attached hydrogens (tertiary/aromatic N) is 3. The standard InChI is InChI=1S/C14H25NO3.C13H23NO5.C13H23NO3.C12H21NO4.C12H21NO3.C10H19NO5.C10H19NO3.C4H7Br.2C2H6.9CH4/c1-8-12(11(4)17-9-10(2)3)15-13(16)18-14(5,6)7;1-8-9(10(15)17-7)14(13(5,6)18-8)11(16)19-12(2,3)4;1-8-10-9(2)16-13(6,7)14(10)11(15)17-12(3,4)5;1-8-9(7-14)13(12(5,6)16-8)10(15)17-11(2,3)4;1-8-6-10(9(2)15-7-8)13-11(14)16-12(3,4)5;1-6(12)7(8(13)15-5)11-9(14)16-10(2,3)4;1-6-8(7(2)12)11-9(13)14-10(3,4)5;1-4(2)3-5;2*1-2;;;;;;;;;/h8,11-12H,1-2,9H2,3-7H3,(H,15,16);8-9H,1-7H3;8-10H,1H2,2-7H3;7-9H,1-6H3;6,9-10H,7H2,1-5H3,(H,13,14);6-7,12H,1-5H3,(H,11,14);6-8,12H,1H2,2-5H3,(H,11,13);1,3H2,2H3;2*1-2H3;9*1H4/t11-,12-;8-,9+;9-,10-;8-,9-;9-,10-;6-,7+;7-,8-;;;;;;;;;;;;/m1111111............/s1/i;;;;;;;;1D;;;;;;;;;;. The summed E-state index contributed by atoms with van der Waals surface area (Å²) in [6, 6.07) is -3.55. The lowest BCUT2D eigenvalue weighted by Gasteiger charge is -2.34. The fourth-order valence-corrected chi connectivity index (χ4v) is 10.7. The van der Waals surface area contributed by atoms with Crippen molar-refractivity contribution in [3.05, 3.63) is 73.9 Å². The summed E-state index contributed by atoms with van der Waals surface area (Å²) < 4.78 is 79.8. The van der Waals surface area contributed by atoms with Crippen molar-refractivity contribution in [1.29, 1.82) is 0 Å². The van der Waals surface area contributed by atoms with Crippen LogP contribution in [0.5, 0.6) is 0 Å². The van der Waals surface area contributed by atoms with Gasteiger partial charge in [-0.15, -0.1) is 19.7 Å². The molecule has 6 N–H and O–H groups in total. The van der Waals surface area contributed by atoms with Gasteiger partial charge in [0, 0.05) is 6.70 Å². The molecule has 0 aliphatic carbocycles. The molecule has 0 spiro atoms. The van der Waals surface area contributed by atoms with Gasteiger partial charge in [0.2, 0.25) is 0 Å². The Kier molecular flexibility index (Phi) is 84.8. The lowest BCUT2D eigenvalue weighted by atomic mass is 10.1. The maximum atomic E-state index is 12.3. The molecule has 0 saturated carbocycles. The number of alkyl halides is 1. The molecule has 0 aromatic heterocycles. The first-order valence-corrected chi connectivity index (χ1v) is 43.3. The van der Waals surface area contributed by atoms with Crippen molar-refractivity contribution in [3.63, 3.8) is 0 Å². The summed E-state index contributed by atoms with van der Waals surface area (Å²) in [6.45, 7) is 92.0. The molecule has 4 heterocycles. The molecular weight excluding hydrogens is 1810 g/mol. The van der Waals surface area contributed by atoms with Gasteiger partial charge >= 0.3 is 54.6 Å². The molecule has 0 aromatic carbocycles. The van der Waals surface area contributed by atoms with Crippen molar-refractivity contribution in [3.8, 4) is 0 Å². The fourth-order valence-electron chi connectivity index (χ4n) is 10.7. The predicted octanol–water partition coefficient (Wildman–Crippen LogP) is 23.7. The van der Waals surface area contributed by atoms with Crippen molar-refractivity contribution in [1.82, 2.24) is 36.0 Å². The summed E-state index contributed by atoms with van der Waals surface area (Å²) in [7, 11) is 2.46. The Balaban J connectivity index is -0.0000000940. The predicted molar refractivity (Wildman–Crippen MR) is 557 cm³/mol. The number of ether oxygens (including phenoxy) is 14. The van der Waals surface area contributed by atoms with Gasteiger partial charge in [-0.2, -0.15) is 0 Å². The van der Waals surface area contributed by atoms with Crippen LogP contribution in [0, 0.1) is 0 Å². The van der Waals surface area contributed by atoms with E-state index in [0.717, 1.165) is 22.8 Å². The quantitative estimate of drug-likeness (QED) is 0.0259. The summed E-state index contributed by atoms with van der Waals surface area (Å²) >= 11 is 3.21. The minimum Gasteiger partial charge on any atom is -0.467 e. The zero-order chi connectivity index (χ0) is 102. The number of amides is 7. The molecule has 7 amide bonds. The van der Waals surface area contributed by atoms with Crippen LogP contribution in [0.2, 0.25) is 0 Å². The number of aliphatic hydroxyl groups is 2. The average molecular weight is 2020 g/mol. The highest BCUT2D eigenvalue weighted by molar-refractivity contribution is 9.09. The van der Waals surface area contributed by atoms with Crippen LogP contribution in [0.25, 0.3) is 0 Å². The lowest BCUT2D eigenvalue weighted by Crippen LogP contribution is -2.53. The van der Waals surface area contributed by atoms with E-state index >= 15 is 0 Å². The molecule has 14 atom stereocenters. The first-order valence-electron chi connectivity index (χ1n) is 42.9. The van der Waals surface area contributed by atoms with Crippen LogP contribution in [0.4, 0.5) is 33.6 Å². The largest absolute Gasteiger partial charge is 0.467 e. The molecule has 0 bridgehead atoms. The molecule has 4 aliphatic rings. The summed E-state index contributed by atoms with van der Waals surface area (Å²) in [6.07, 6.45) is 1.09. The van der Waals surface area contributed by atoms with Gasteiger partial charge in [-0.05, 0) is 262 Å². The Hall–Kier alpha value is -7.86. The van der Waals surface area contributed by atoms with E-state index in [4.69, 9.17) is 62.9 Å². The summed E-state index contributed by atoms with van der Waals surface area (Å²) in [5, 5.41) is 29.7. The third kappa shape index (κ3) is 72.2. The van der Waals surface area contributed by atoms with Gasteiger partial charge in [-0.1, -0.05) is 159 Å². The third-order valence-corrected chi connectivity index (χ3v) is 16.6. The molecule has 0 unspecified atom stereocenters. The zero-order valence-electron chi connectivity index (χ0n) is 85.7. The van der Waals surface area contributed by atoms with Gasteiger partial charge in [0.1, 0.15) is 68.7 Å². The maximum Gasteiger partial charge on any atom is 0.413 e. The smallest absolute Gasteiger partial charge is 0.413 e. The van der Waals surface area contributed by atoms with E-state index in [1.807, 2.05) is 138 Å². The molecule has 135 heavy (non-hydrogen) atoms. The molecule has 0 aromatic rings. The topological polar surface area (TPSA) is 398 Å². The molecule has 3 saturated heterocycles. The molecule has 33 nitrogen and oxygen atoms in total. The van der Waals surface area contributed by atoms with Crippen LogP contribution >= 0.6 is 15.9 Å². The maximum absolute atomic E-state index is 12.3. The highest BCUT2D eigenvalue weighted by Gasteiger charge is 2.54. The number of alkyl carbamates (subject to hydrolysis) is 4. The number of methoxy groups -OCH3 is 2. The van der Waals surface area contributed by atoms with Crippen LogP contribution in [0.3, 0.4) is 0 Å². The van der Waals surface area contributed by atoms with Crippen molar-refractivity contribution >= 4 is 76.8 Å². The Morgan fingerprint density at radius 1 is 0.504 bits per heavy atom. The average Bonchev–Trinajstić information content (AvgIpc) is 1.65. The van der Waals surface area contributed by atoms with Crippen LogP contribution < -0.4 is 21.3 Å². The van der Waals surface area contributed by atoms with E-state index in [-0.39, 0.29) is 115 Å². The number of allylic oxidation sites excluding steroid dienone is 1. The van der Waals surface area contributed by atoms with Crippen LogP contribution in [0.15, 0.2) is 73.9 Å². The number of hydrogen-bond donors (Lipinski definition) is 6. The first kappa shape index (κ1) is 158. The second-order valence-electron chi connectivity index (χ2n) is 37.9. The number of rotatable bonds is 17. The van der Waals surface area contributed by atoms with Crippen molar-refractivity contribution in [2.24, 2.45) is 0 Å². The summed E-state index contributed by atoms with van der Waals surface area (Å²) in [4.78, 5) is 121. The van der Waals surface area contributed by atoms with Crippen LogP contribution in [-0.2, 0) is 80.7 Å². The highest BCUT2D eigenvalue weighted by atomic mass is 79.9. The van der Waals surface area contributed by atoms with Crippen LogP contribution in [-0.4, -0.2) is 260 Å². The van der Waals surface area contributed by atoms with Gasteiger partial charge in [0.05, 0.1) is 94.3 Å². The van der Waals surface area contributed by atoms with E-state index in [2.05, 4.69) is 74.8 Å². The Bertz CT molecular complexity index is 3350. The monoisotopic (exact) mass is 2010 g/mol. The number of carbonyl (C=O) groups is 10. The normalized spacial score (nSPS) is 19.6. The molecule has 4 rings (SSSR count). The van der Waals surface area contributed by atoms with Gasteiger partial charge in [0.25, 0.3) is 0 Å². The Morgan fingerprint density at radius 2 is 0.807 bits per heavy atom.